The lowest BCUT2D eigenvalue weighted by atomic mass is 10.4. The van der Waals surface area contributed by atoms with Crippen LogP contribution in [-0.4, -0.2) is 25.0 Å². The molecule has 2 nitrogen and oxygen atoms in total. The summed E-state index contributed by atoms with van der Waals surface area (Å²) in [5.74, 6) is -0.216. The lowest BCUT2D eigenvalue weighted by Crippen LogP contribution is -2.08. The van der Waals surface area contributed by atoms with Crippen LogP contribution in [0.4, 0.5) is 0 Å². The Kier molecular flexibility index (Phi) is 3.46. The third kappa shape index (κ3) is 2.76. The van der Waals surface area contributed by atoms with Crippen molar-refractivity contribution in [3.8, 4) is 0 Å². The Morgan fingerprint density at radius 2 is 2.38 bits per heavy atom. The molecule has 46 valence electrons. The first kappa shape index (κ1) is 7.64. The Balaban J connectivity index is 3.49. The molecular weight excluding hydrogens is 136 g/mol. The van der Waals surface area contributed by atoms with E-state index in [9.17, 15) is 4.79 Å². The zero-order valence-electron chi connectivity index (χ0n) is 5.23. The molecule has 0 aliphatic carbocycles. The zero-order chi connectivity index (χ0) is 6.57. The van der Waals surface area contributed by atoms with E-state index in [-0.39, 0.29) is 5.97 Å². The topological polar surface area (TPSA) is 26.3 Å². The number of hydrogen-bond donors (Lipinski definition) is 0. The van der Waals surface area contributed by atoms with Gasteiger partial charge in [-0.3, -0.25) is 0 Å². The molecule has 8 heavy (non-hydrogen) atoms. The predicted octanol–water partition coefficient (Wildman–Crippen LogP) is -1.53. The number of rotatable bonds is 2. The second-order valence-corrected chi connectivity index (χ2v) is 4.10. The second-order valence-electron chi connectivity index (χ2n) is 1.50. The minimum atomic E-state index is -0.448. The van der Waals surface area contributed by atoms with Gasteiger partial charge < -0.3 is 4.43 Å². The van der Waals surface area contributed by atoms with E-state index in [4.69, 9.17) is 4.43 Å². The Morgan fingerprint density at radius 3 is 2.50 bits per heavy atom. The molecule has 0 aliphatic rings. The van der Waals surface area contributed by atoms with Crippen LogP contribution in [0.5, 0.6) is 0 Å². The zero-order valence-corrected chi connectivity index (χ0v) is 8.64. The Bertz CT molecular complexity index is 111. The summed E-state index contributed by atoms with van der Waals surface area (Å²) in [6.45, 7) is 5.10. The molecule has 0 aromatic rings. The molecule has 0 saturated carbocycles. The van der Waals surface area contributed by atoms with E-state index in [1.807, 2.05) is 0 Å². The summed E-state index contributed by atoms with van der Waals surface area (Å²) < 4.78 is 4.77. The van der Waals surface area contributed by atoms with Crippen LogP contribution in [0.25, 0.3) is 0 Å². The standard InChI is InChI=1S/C4H10O2Si2/c1-3(2)4(5)6-8-7/h1,8H2,2,7H3. The summed E-state index contributed by atoms with van der Waals surface area (Å²) >= 11 is 0. The Hall–Kier alpha value is -0.356. The highest BCUT2D eigenvalue weighted by Crippen LogP contribution is 1.87. The van der Waals surface area contributed by atoms with Crippen LogP contribution in [0, 0.1) is 0 Å². The van der Waals surface area contributed by atoms with E-state index >= 15 is 0 Å². The maximum absolute atomic E-state index is 10.5. The molecule has 0 aromatic heterocycles. The molecule has 0 spiro atoms. The van der Waals surface area contributed by atoms with Crippen LogP contribution < -0.4 is 0 Å². The van der Waals surface area contributed by atoms with Crippen LogP contribution >= 0.6 is 0 Å². The van der Waals surface area contributed by atoms with E-state index in [2.05, 4.69) is 6.58 Å². The first-order valence-electron chi connectivity index (χ1n) is 2.51. The van der Waals surface area contributed by atoms with E-state index < -0.39 is 9.28 Å². The Morgan fingerprint density at radius 1 is 1.88 bits per heavy atom. The molecule has 0 saturated heterocycles. The molecule has 0 unspecified atom stereocenters. The minimum Gasteiger partial charge on any atom is -0.526 e. The van der Waals surface area contributed by atoms with Crippen molar-refractivity contribution in [1.82, 2.24) is 0 Å². The van der Waals surface area contributed by atoms with Gasteiger partial charge in [0.05, 0.1) is 0 Å². The van der Waals surface area contributed by atoms with Crippen molar-refractivity contribution in [2.24, 2.45) is 0 Å². The van der Waals surface area contributed by atoms with Gasteiger partial charge in [-0.05, 0) is 6.92 Å². The molecule has 0 N–H and O–H groups in total. The van der Waals surface area contributed by atoms with E-state index in [0.29, 0.717) is 5.57 Å². The summed E-state index contributed by atoms with van der Waals surface area (Å²) in [5, 5.41) is 0. The van der Waals surface area contributed by atoms with Crippen molar-refractivity contribution in [3.63, 3.8) is 0 Å². The molecule has 0 aromatic carbocycles. The molecule has 0 heterocycles. The summed E-state index contributed by atoms with van der Waals surface area (Å²) in [5.41, 5.74) is 0.508. The fourth-order valence-electron chi connectivity index (χ4n) is 0.254. The van der Waals surface area contributed by atoms with Crippen LogP contribution in [0.3, 0.4) is 0 Å². The van der Waals surface area contributed by atoms with Crippen LogP contribution in [0.1, 0.15) is 6.92 Å². The van der Waals surface area contributed by atoms with Gasteiger partial charge in [0.1, 0.15) is 0 Å². The highest BCUT2D eigenvalue weighted by atomic mass is 29.1. The third-order valence-electron chi connectivity index (χ3n) is 0.624. The average molecular weight is 146 g/mol. The predicted molar refractivity (Wildman–Crippen MR) is 39.4 cm³/mol. The van der Waals surface area contributed by atoms with Crippen molar-refractivity contribution in [2.75, 3.05) is 0 Å². The van der Waals surface area contributed by atoms with Gasteiger partial charge in [-0.15, -0.1) is 0 Å². The molecule has 0 aliphatic heterocycles. The smallest absolute Gasteiger partial charge is 0.319 e. The van der Waals surface area contributed by atoms with Crippen molar-refractivity contribution >= 4 is 25.0 Å². The van der Waals surface area contributed by atoms with Crippen LogP contribution in [0.2, 0.25) is 0 Å². The quantitative estimate of drug-likeness (QED) is 0.349. The molecule has 0 amide bonds. The van der Waals surface area contributed by atoms with E-state index in [1.54, 1.807) is 6.92 Å². The van der Waals surface area contributed by atoms with E-state index in [0.717, 1.165) is 9.76 Å². The summed E-state index contributed by atoms with van der Waals surface area (Å²) in [6.07, 6.45) is 0. The first-order chi connectivity index (χ1) is 3.68. The van der Waals surface area contributed by atoms with Gasteiger partial charge in [0, 0.05) is 15.3 Å². The van der Waals surface area contributed by atoms with Crippen molar-refractivity contribution in [1.29, 1.82) is 0 Å². The van der Waals surface area contributed by atoms with Gasteiger partial charge in [-0.2, -0.15) is 0 Å². The van der Waals surface area contributed by atoms with Gasteiger partial charge >= 0.3 is 5.97 Å². The van der Waals surface area contributed by atoms with E-state index in [1.165, 1.54) is 0 Å². The summed E-state index contributed by atoms with van der Waals surface area (Å²) in [7, 11) is 0.590. The Labute approximate surface area is 54.1 Å². The maximum Gasteiger partial charge on any atom is 0.319 e. The summed E-state index contributed by atoms with van der Waals surface area (Å²) in [6, 6.07) is 0. The minimum absolute atomic E-state index is 0.216. The van der Waals surface area contributed by atoms with Gasteiger partial charge in [0.2, 0.25) is 0 Å². The average Bonchev–Trinajstić information content (AvgIpc) is 1.67. The summed E-state index contributed by atoms with van der Waals surface area (Å²) in [4.78, 5) is 10.5. The fraction of sp³-hybridized carbons (Fsp3) is 0.250. The van der Waals surface area contributed by atoms with Gasteiger partial charge in [0.15, 0.2) is 9.28 Å². The van der Waals surface area contributed by atoms with Gasteiger partial charge in [-0.1, -0.05) is 6.58 Å². The lowest BCUT2D eigenvalue weighted by Gasteiger charge is -1.97. The maximum atomic E-state index is 10.5. The third-order valence-corrected chi connectivity index (χ3v) is 2.04. The molecule has 0 fully saturated rings. The van der Waals surface area contributed by atoms with Gasteiger partial charge in [0.25, 0.3) is 0 Å². The monoisotopic (exact) mass is 146 g/mol. The highest BCUT2D eigenvalue weighted by Gasteiger charge is 1.97. The number of carbonyl (C=O) groups is 1. The SMILES string of the molecule is C=C(C)C(=O)O[SiH2][SiH3]. The lowest BCUT2D eigenvalue weighted by molar-refractivity contribution is -0.129. The van der Waals surface area contributed by atoms with Gasteiger partial charge in [-0.25, -0.2) is 4.79 Å². The van der Waals surface area contributed by atoms with Crippen LogP contribution in [0.15, 0.2) is 12.2 Å². The second kappa shape index (κ2) is 3.62. The number of carbonyl (C=O) groups excluding carboxylic acids is 1. The van der Waals surface area contributed by atoms with Crippen molar-refractivity contribution in [2.45, 2.75) is 6.92 Å². The molecule has 0 radical (unpaired) electrons. The largest absolute Gasteiger partial charge is 0.526 e. The molecule has 0 bridgehead atoms. The van der Waals surface area contributed by atoms with Crippen molar-refractivity contribution in [3.05, 3.63) is 12.2 Å². The number of hydrogen-bond acceptors (Lipinski definition) is 2. The highest BCUT2D eigenvalue weighted by molar-refractivity contribution is 6.86. The van der Waals surface area contributed by atoms with Crippen LogP contribution in [-0.2, 0) is 9.22 Å². The fourth-order valence-corrected chi connectivity index (χ4v) is 1.55. The molecule has 0 atom stereocenters. The molecule has 0 rings (SSSR count). The molecule has 4 heteroatoms. The van der Waals surface area contributed by atoms with Crippen molar-refractivity contribution < 1.29 is 9.22 Å². The first-order valence-corrected chi connectivity index (χ1v) is 8.74. The molecular formula is C4H10O2Si2. The normalized spacial score (nSPS) is 10.1.